The van der Waals surface area contributed by atoms with Gasteiger partial charge in [0.25, 0.3) is 0 Å². The molecule has 0 bridgehead atoms. The fourth-order valence-electron chi connectivity index (χ4n) is 4.88. The van der Waals surface area contributed by atoms with Crippen LogP contribution in [0, 0.1) is 22.6 Å². The second-order valence-corrected chi connectivity index (χ2v) is 10.4. The van der Waals surface area contributed by atoms with Gasteiger partial charge in [-0.05, 0) is 55.2 Å². The Morgan fingerprint density at radius 1 is 1.19 bits per heavy atom. The molecule has 1 fully saturated rings. The number of aryl methyl sites for hydroxylation is 1. The average molecular weight is 473 g/mol. The number of halogens is 2. The molecule has 2 heterocycles. The number of thiazole rings is 1. The molecule has 0 radical (unpaired) electrons. The van der Waals surface area contributed by atoms with E-state index in [9.17, 15) is 9.18 Å². The molecule has 2 aromatic carbocycles. The number of hydrogen-bond donors (Lipinski definition) is 0. The summed E-state index contributed by atoms with van der Waals surface area (Å²) in [6.45, 7) is 2.36. The van der Waals surface area contributed by atoms with Gasteiger partial charge in [-0.3, -0.25) is 9.69 Å². The average Bonchev–Trinajstić information content (AvgIpc) is 3.10. The van der Waals surface area contributed by atoms with Crippen molar-refractivity contribution < 1.29 is 9.18 Å². The highest BCUT2D eigenvalue weighted by Gasteiger charge is 2.43. The molecule has 5 rings (SSSR count). The second kappa shape index (κ2) is 8.15. The van der Waals surface area contributed by atoms with Crippen molar-refractivity contribution in [2.45, 2.75) is 45.2 Å². The molecule has 2 atom stereocenters. The maximum Gasteiger partial charge on any atom is 0.233 e. The van der Waals surface area contributed by atoms with Gasteiger partial charge in [0, 0.05) is 11.1 Å². The molecule has 0 N–H and O–H groups in total. The van der Waals surface area contributed by atoms with Crippen LogP contribution in [0.1, 0.15) is 42.9 Å². The lowest BCUT2D eigenvalue weighted by molar-refractivity contribution is -0.126. The normalized spacial score (nSPS) is 20.5. The quantitative estimate of drug-likeness (QED) is 0.373. The first-order chi connectivity index (χ1) is 14.9. The zero-order chi connectivity index (χ0) is 21.7. The number of carbonyl (C=O) groups excluding carboxylic acids is 1. The predicted molar refractivity (Wildman–Crippen MR) is 127 cm³/mol. The Balaban J connectivity index is 1.70. The number of fused-ring (bicyclic) bond motifs is 3. The van der Waals surface area contributed by atoms with E-state index in [4.69, 9.17) is 23.8 Å². The van der Waals surface area contributed by atoms with Crippen molar-refractivity contribution in [1.29, 1.82) is 0 Å². The number of rotatable bonds is 3. The van der Waals surface area contributed by atoms with Crippen LogP contribution < -0.4 is 4.90 Å². The lowest BCUT2D eigenvalue weighted by atomic mass is 9.82. The molecule has 160 valence electrons. The van der Waals surface area contributed by atoms with Gasteiger partial charge in [0.15, 0.2) is 3.95 Å². The van der Waals surface area contributed by atoms with Crippen LogP contribution in [0.15, 0.2) is 42.5 Å². The molecule has 2 unspecified atom stereocenters. The fourth-order valence-corrected chi connectivity index (χ4v) is 6.62. The first-order valence-corrected chi connectivity index (χ1v) is 12.1. The number of anilines is 1. The Bertz CT molecular complexity index is 1230. The van der Waals surface area contributed by atoms with Crippen LogP contribution in [0.3, 0.4) is 0 Å². The van der Waals surface area contributed by atoms with Gasteiger partial charge in [-0.15, -0.1) is 11.3 Å². The van der Waals surface area contributed by atoms with Crippen LogP contribution in [-0.2, 0) is 11.3 Å². The summed E-state index contributed by atoms with van der Waals surface area (Å²) in [7, 11) is 0. The Kier molecular flexibility index (Phi) is 5.49. The number of amides is 1. The minimum Gasteiger partial charge on any atom is -0.305 e. The molecule has 31 heavy (non-hydrogen) atoms. The minimum atomic E-state index is -0.384. The molecule has 2 aliphatic rings. The summed E-state index contributed by atoms with van der Waals surface area (Å²) >= 11 is 13.7. The molecule has 3 aromatic rings. The van der Waals surface area contributed by atoms with E-state index in [1.165, 1.54) is 12.1 Å². The molecule has 1 saturated carbocycles. The summed E-state index contributed by atoms with van der Waals surface area (Å²) in [6, 6.07) is 12.7. The van der Waals surface area contributed by atoms with Gasteiger partial charge in [-0.1, -0.05) is 60.3 Å². The van der Waals surface area contributed by atoms with Crippen LogP contribution in [0.5, 0.6) is 0 Å². The largest absolute Gasteiger partial charge is 0.305 e. The third-order valence-corrected chi connectivity index (χ3v) is 8.13. The van der Waals surface area contributed by atoms with E-state index in [2.05, 4.69) is 29.7 Å². The van der Waals surface area contributed by atoms with Crippen LogP contribution in [0.4, 0.5) is 10.2 Å². The minimum absolute atomic E-state index is 0.0767. The van der Waals surface area contributed by atoms with E-state index in [-0.39, 0.29) is 23.7 Å². The lowest BCUT2D eigenvalue weighted by Gasteiger charge is -2.42. The van der Waals surface area contributed by atoms with Gasteiger partial charge in [0.2, 0.25) is 5.91 Å². The summed E-state index contributed by atoms with van der Waals surface area (Å²) in [5.41, 5.74) is 2.94. The van der Waals surface area contributed by atoms with Gasteiger partial charge in [-0.2, -0.15) is 0 Å². The van der Waals surface area contributed by atoms with Gasteiger partial charge >= 0.3 is 0 Å². The van der Waals surface area contributed by atoms with Crippen molar-refractivity contribution in [2.24, 2.45) is 5.92 Å². The van der Waals surface area contributed by atoms with Crippen LogP contribution in [0.2, 0.25) is 5.02 Å². The molecule has 1 aliphatic carbocycles. The first kappa shape index (κ1) is 20.9. The van der Waals surface area contributed by atoms with Crippen molar-refractivity contribution in [3.8, 4) is 10.4 Å². The van der Waals surface area contributed by atoms with Crippen molar-refractivity contribution in [1.82, 2.24) is 4.57 Å². The van der Waals surface area contributed by atoms with Crippen LogP contribution in [0.25, 0.3) is 10.4 Å². The van der Waals surface area contributed by atoms with E-state index >= 15 is 0 Å². The van der Waals surface area contributed by atoms with Gasteiger partial charge in [0.1, 0.15) is 11.6 Å². The lowest BCUT2D eigenvalue weighted by Crippen LogP contribution is -2.47. The highest BCUT2D eigenvalue weighted by Crippen LogP contribution is 2.49. The maximum atomic E-state index is 13.7. The molecule has 1 amide bonds. The molecule has 3 nitrogen and oxygen atoms in total. The molecule has 1 aromatic heterocycles. The van der Waals surface area contributed by atoms with Crippen LogP contribution >= 0.6 is 35.2 Å². The summed E-state index contributed by atoms with van der Waals surface area (Å²) in [6.07, 6.45) is 3.99. The zero-order valence-electron chi connectivity index (χ0n) is 17.1. The fraction of sp³-hybridized carbons (Fsp3) is 0.333. The van der Waals surface area contributed by atoms with E-state index < -0.39 is 0 Å². The van der Waals surface area contributed by atoms with Gasteiger partial charge < -0.3 is 4.57 Å². The summed E-state index contributed by atoms with van der Waals surface area (Å²) < 4.78 is 16.6. The number of carbonyl (C=O) groups is 1. The molecule has 7 heteroatoms. The SMILES string of the molecule is Cc1cccc(-c2sc(=S)n3c2N(Cc2ccc(F)cc2Cl)C(=O)C2CCCCC23)c1. The summed E-state index contributed by atoms with van der Waals surface area (Å²) in [5, 5.41) is 0.330. The molecular formula is C24H22ClFN2OS2. The van der Waals surface area contributed by atoms with E-state index in [0.717, 1.165) is 57.0 Å². The van der Waals surface area contributed by atoms with E-state index in [1.807, 2.05) is 11.0 Å². The highest BCUT2D eigenvalue weighted by atomic mass is 35.5. The van der Waals surface area contributed by atoms with Crippen molar-refractivity contribution >= 4 is 46.9 Å². The Morgan fingerprint density at radius 3 is 2.77 bits per heavy atom. The van der Waals surface area contributed by atoms with Crippen LogP contribution in [-0.4, -0.2) is 10.5 Å². The number of benzene rings is 2. The van der Waals surface area contributed by atoms with Crippen molar-refractivity contribution in [2.75, 3.05) is 4.90 Å². The third kappa shape index (κ3) is 3.65. The van der Waals surface area contributed by atoms with Crippen molar-refractivity contribution in [3.63, 3.8) is 0 Å². The Labute approximate surface area is 195 Å². The van der Waals surface area contributed by atoms with Gasteiger partial charge in [0.05, 0.1) is 17.3 Å². The van der Waals surface area contributed by atoms with E-state index in [0.29, 0.717) is 11.6 Å². The molecule has 1 aliphatic heterocycles. The number of aromatic nitrogens is 1. The summed E-state index contributed by atoms with van der Waals surface area (Å²) in [5.74, 6) is 0.512. The predicted octanol–water partition coefficient (Wildman–Crippen LogP) is 7.33. The number of nitrogens with zero attached hydrogens (tertiary/aromatic N) is 2. The van der Waals surface area contributed by atoms with Crippen molar-refractivity contribution in [3.05, 3.63) is 68.4 Å². The Hall–Kier alpha value is -2.02. The second-order valence-electron chi connectivity index (χ2n) is 8.38. The first-order valence-electron chi connectivity index (χ1n) is 10.5. The molecule has 0 spiro atoms. The molecule has 0 saturated heterocycles. The number of hydrogen-bond acceptors (Lipinski definition) is 3. The zero-order valence-corrected chi connectivity index (χ0v) is 19.5. The molecular weight excluding hydrogens is 451 g/mol. The summed E-state index contributed by atoms with van der Waals surface area (Å²) in [4.78, 5) is 16.6. The van der Waals surface area contributed by atoms with Gasteiger partial charge in [-0.25, -0.2) is 4.39 Å². The Morgan fingerprint density at radius 2 is 2.00 bits per heavy atom. The smallest absolute Gasteiger partial charge is 0.233 e. The van der Waals surface area contributed by atoms with E-state index in [1.54, 1.807) is 17.4 Å². The maximum absolute atomic E-state index is 13.7. The highest BCUT2D eigenvalue weighted by molar-refractivity contribution is 7.73. The topological polar surface area (TPSA) is 25.2 Å². The standard InChI is InChI=1S/C24H22ClFN2OS2/c1-14-5-4-6-15(11-14)21-22-27(13-16-9-10-17(26)12-19(16)25)23(29)18-7-2-3-8-20(18)28(22)24(30)31-21/h4-6,9-12,18,20H,2-3,7-8,13H2,1H3. The monoisotopic (exact) mass is 472 g/mol. The third-order valence-electron chi connectivity index (χ3n) is 6.34.